The van der Waals surface area contributed by atoms with E-state index in [4.69, 9.17) is 4.74 Å². The normalized spacial score (nSPS) is 22.8. The van der Waals surface area contributed by atoms with E-state index in [1.165, 1.54) is 0 Å². The molecule has 2 atom stereocenters. The molecule has 21 heavy (non-hydrogen) atoms. The third kappa shape index (κ3) is 6.22. The number of nitrogens with one attached hydrogen (secondary N) is 1. The predicted octanol–water partition coefficient (Wildman–Crippen LogP) is 2.38. The van der Waals surface area contributed by atoms with Crippen LogP contribution in [-0.2, 0) is 4.74 Å². The second-order valence-electron chi connectivity index (χ2n) is 7.47. The van der Waals surface area contributed by atoms with Crippen LogP contribution in [-0.4, -0.2) is 54.0 Å². The second-order valence-corrected chi connectivity index (χ2v) is 7.47. The Labute approximate surface area is 129 Å². The summed E-state index contributed by atoms with van der Waals surface area (Å²) in [5.41, 5.74) is -0.538. The number of nitrogens with zero attached hydrogens (tertiary/aromatic N) is 1. The number of carbonyl (C=O) groups is 1. The van der Waals surface area contributed by atoms with Gasteiger partial charge in [-0.15, -0.1) is 0 Å². The van der Waals surface area contributed by atoms with Gasteiger partial charge in [0.05, 0.1) is 0 Å². The Morgan fingerprint density at radius 2 is 2.05 bits per heavy atom. The van der Waals surface area contributed by atoms with Gasteiger partial charge in [0, 0.05) is 37.7 Å². The molecule has 5 heteroatoms. The van der Waals surface area contributed by atoms with E-state index in [1.54, 1.807) is 4.90 Å². The number of ether oxygens (including phenoxy) is 1. The summed E-state index contributed by atoms with van der Waals surface area (Å²) in [7, 11) is 0. The van der Waals surface area contributed by atoms with Gasteiger partial charge in [0.25, 0.3) is 0 Å². The Kier molecular flexibility index (Phi) is 6.47. The van der Waals surface area contributed by atoms with Crippen LogP contribution in [0.4, 0.5) is 4.79 Å². The van der Waals surface area contributed by atoms with Gasteiger partial charge in [-0.3, -0.25) is 0 Å². The van der Waals surface area contributed by atoms with Crippen molar-refractivity contribution >= 4 is 6.09 Å². The van der Waals surface area contributed by atoms with Gasteiger partial charge in [-0.2, -0.15) is 0 Å². The van der Waals surface area contributed by atoms with Crippen molar-refractivity contribution in [3.63, 3.8) is 0 Å². The lowest BCUT2D eigenvalue weighted by Gasteiger charge is -2.36. The quantitative estimate of drug-likeness (QED) is 0.818. The van der Waals surface area contributed by atoms with Crippen molar-refractivity contribution in [2.24, 2.45) is 5.41 Å². The molecule has 1 heterocycles. The molecule has 1 fully saturated rings. The first-order valence-electron chi connectivity index (χ1n) is 8.01. The van der Waals surface area contributed by atoms with Crippen LogP contribution in [0, 0.1) is 5.41 Å². The number of carbonyl (C=O) groups excluding carboxylic acids is 1. The summed E-state index contributed by atoms with van der Waals surface area (Å²) in [6, 6.07) is 0.281. The molecule has 5 nitrogen and oxygen atoms in total. The van der Waals surface area contributed by atoms with E-state index in [1.807, 2.05) is 20.8 Å². The molecule has 2 N–H and O–H groups in total. The lowest BCUT2D eigenvalue weighted by Crippen LogP contribution is -2.51. The zero-order chi connectivity index (χ0) is 16.1. The fourth-order valence-electron chi connectivity index (χ4n) is 2.32. The van der Waals surface area contributed by atoms with Gasteiger partial charge in [-0.25, -0.2) is 4.79 Å². The molecule has 0 saturated carbocycles. The largest absolute Gasteiger partial charge is 0.444 e. The maximum absolute atomic E-state index is 12.1. The molecule has 0 spiro atoms. The molecule has 1 rings (SSSR count). The molecule has 0 aromatic rings. The number of likely N-dealkylation sites (tertiary alicyclic amines) is 1. The molecule has 2 unspecified atom stereocenters. The van der Waals surface area contributed by atoms with E-state index in [2.05, 4.69) is 19.2 Å². The number of hydrogen-bond donors (Lipinski definition) is 2. The SMILES string of the molecule is CCC(C)(CO)CNC1CCCN(C(=O)OC(C)(C)C)C1. The van der Waals surface area contributed by atoms with Gasteiger partial charge in [0.1, 0.15) is 5.60 Å². The van der Waals surface area contributed by atoms with Gasteiger partial charge in [-0.05, 0) is 40.0 Å². The Bertz CT molecular complexity index is 335. The van der Waals surface area contributed by atoms with Crippen LogP contribution >= 0.6 is 0 Å². The van der Waals surface area contributed by atoms with E-state index in [-0.39, 0.29) is 24.2 Å². The highest BCUT2D eigenvalue weighted by molar-refractivity contribution is 5.68. The summed E-state index contributed by atoms with van der Waals surface area (Å²) >= 11 is 0. The maximum atomic E-state index is 12.1. The van der Waals surface area contributed by atoms with Gasteiger partial charge in [0.2, 0.25) is 0 Å². The molecule has 1 saturated heterocycles. The van der Waals surface area contributed by atoms with Crippen LogP contribution in [0.2, 0.25) is 0 Å². The number of hydrogen-bond acceptors (Lipinski definition) is 4. The molecule has 0 bridgehead atoms. The van der Waals surface area contributed by atoms with Gasteiger partial charge < -0.3 is 20.1 Å². The first kappa shape index (κ1) is 18.2. The van der Waals surface area contributed by atoms with Crippen molar-refractivity contribution in [3.8, 4) is 0 Å². The van der Waals surface area contributed by atoms with Crippen LogP contribution in [0.15, 0.2) is 0 Å². The zero-order valence-corrected chi connectivity index (χ0v) is 14.2. The zero-order valence-electron chi connectivity index (χ0n) is 14.2. The highest BCUT2D eigenvalue weighted by Crippen LogP contribution is 2.20. The molecular formula is C16H32N2O3. The molecule has 0 aliphatic carbocycles. The van der Waals surface area contributed by atoms with Crippen molar-refractivity contribution in [2.45, 2.75) is 65.5 Å². The van der Waals surface area contributed by atoms with Crippen LogP contribution in [0.3, 0.4) is 0 Å². The van der Waals surface area contributed by atoms with Gasteiger partial charge in [0.15, 0.2) is 0 Å². The minimum atomic E-state index is -0.449. The summed E-state index contributed by atoms with van der Waals surface area (Å²) in [6.45, 7) is 12.2. The van der Waals surface area contributed by atoms with Crippen LogP contribution in [0.5, 0.6) is 0 Å². The van der Waals surface area contributed by atoms with Crippen molar-refractivity contribution in [3.05, 3.63) is 0 Å². The minimum absolute atomic E-state index is 0.0891. The first-order chi connectivity index (χ1) is 9.69. The van der Waals surface area contributed by atoms with Crippen molar-refractivity contribution in [1.29, 1.82) is 0 Å². The van der Waals surface area contributed by atoms with E-state index < -0.39 is 5.60 Å². The third-order valence-electron chi connectivity index (χ3n) is 4.13. The number of aliphatic hydroxyl groups excluding tert-OH is 1. The molecular weight excluding hydrogens is 268 g/mol. The van der Waals surface area contributed by atoms with Crippen molar-refractivity contribution in [1.82, 2.24) is 10.2 Å². The summed E-state index contributed by atoms with van der Waals surface area (Å²) in [5.74, 6) is 0. The number of rotatable bonds is 5. The Hall–Kier alpha value is -0.810. The molecule has 1 amide bonds. The Balaban J connectivity index is 2.47. The summed E-state index contributed by atoms with van der Waals surface area (Å²) in [4.78, 5) is 13.9. The Morgan fingerprint density at radius 3 is 2.57 bits per heavy atom. The number of amides is 1. The average molecular weight is 300 g/mol. The molecule has 0 aromatic carbocycles. The van der Waals surface area contributed by atoms with E-state index in [0.29, 0.717) is 6.54 Å². The number of piperidine rings is 1. The van der Waals surface area contributed by atoms with Gasteiger partial charge in [-0.1, -0.05) is 13.8 Å². The smallest absolute Gasteiger partial charge is 0.410 e. The topological polar surface area (TPSA) is 61.8 Å². The van der Waals surface area contributed by atoms with Crippen LogP contribution in [0.1, 0.15) is 53.9 Å². The average Bonchev–Trinajstić information content (AvgIpc) is 2.43. The summed E-state index contributed by atoms with van der Waals surface area (Å²) < 4.78 is 5.43. The molecule has 0 radical (unpaired) electrons. The van der Waals surface area contributed by atoms with Crippen LogP contribution < -0.4 is 5.32 Å². The molecule has 0 aromatic heterocycles. The van der Waals surface area contributed by atoms with E-state index in [9.17, 15) is 9.90 Å². The highest BCUT2D eigenvalue weighted by atomic mass is 16.6. The lowest BCUT2D eigenvalue weighted by molar-refractivity contribution is 0.0180. The summed E-state index contributed by atoms with van der Waals surface area (Å²) in [5, 5.41) is 13.0. The third-order valence-corrected chi connectivity index (χ3v) is 4.13. The van der Waals surface area contributed by atoms with Crippen molar-refractivity contribution in [2.75, 3.05) is 26.2 Å². The fraction of sp³-hybridized carbons (Fsp3) is 0.938. The van der Waals surface area contributed by atoms with Crippen molar-refractivity contribution < 1.29 is 14.6 Å². The van der Waals surface area contributed by atoms with Gasteiger partial charge >= 0.3 is 6.09 Å². The monoisotopic (exact) mass is 300 g/mol. The first-order valence-corrected chi connectivity index (χ1v) is 8.01. The lowest BCUT2D eigenvalue weighted by atomic mass is 9.88. The van der Waals surface area contributed by atoms with E-state index in [0.717, 1.165) is 32.4 Å². The Morgan fingerprint density at radius 1 is 1.38 bits per heavy atom. The fourth-order valence-corrected chi connectivity index (χ4v) is 2.32. The summed E-state index contributed by atoms with van der Waals surface area (Å²) in [6.07, 6.45) is 2.75. The highest BCUT2D eigenvalue weighted by Gasteiger charge is 2.29. The maximum Gasteiger partial charge on any atom is 0.410 e. The second kappa shape index (κ2) is 7.45. The minimum Gasteiger partial charge on any atom is -0.444 e. The molecule has 124 valence electrons. The van der Waals surface area contributed by atoms with E-state index >= 15 is 0 Å². The standard InChI is InChI=1S/C16H32N2O3/c1-6-16(5,12-19)11-17-13-8-7-9-18(10-13)14(20)21-15(2,3)4/h13,17,19H,6-12H2,1-5H3. The molecule has 1 aliphatic rings. The predicted molar refractivity (Wildman–Crippen MR) is 84.3 cm³/mol. The number of aliphatic hydroxyl groups is 1. The molecule has 1 aliphatic heterocycles. The van der Waals surface area contributed by atoms with Crippen LogP contribution in [0.25, 0.3) is 0 Å².